The summed E-state index contributed by atoms with van der Waals surface area (Å²) in [6.45, 7) is 4.16. The molecule has 0 aliphatic carbocycles. The van der Waals surface area contributed by atoms with E-state index in [1.807, 2.05) is 18.2 Å². The number of benzene rings is 1. The van der Waals surface area contributed by atoms with Gasteiger partial charge in [0.1, 0.15) is 11.8 Å². The lowest BCUT2D eigenvalue weighted by molar-refractivity contribution is -0.142. The molecule has 2 N–H and O–H groups in total. The first-order valence-corrected chi connectivity index (χ1v) is 5.52. The quantitative estimate of drug-likeness (QED) is 0.856. The second-order valence-electron chi connectivity index (χ2n) is 4.16. The van der Waals surface area contributed by atoms with E-state index < -0.39 is 12.0 Å². The third-order valence-electron chi connectivity index (χ3n) is 2.71. The first kappa shape index (κ1) is 16.7. The molecule has 0 fully saturated rings. The number of ether oxygens (including phenoxy) is 2. The standard InChI is InChI=1S/C13H19NO3.ClH/c1-8(2)9-5-6-11(16-3)10(7-9)12(14)13(15)17-4;/h5-8,12H,14H2,1-4H3;1H/t12-;/m0./s1. The predicted molar refractivity (Wildman–Crippen MR) is 73.3 cm³/mol. The Morgan fingerprint density at radius 1 is 1.28 bits per heavy atom. The highest BCUT2D eigenvalue weighted by Crippen LogP contribution is 2.28. The molecule has 1 aromatic rings. The highest BCUT2D eigenvalue weighted by atomic mass is 35.5. The summed E-state index contributed by atoms with van der Waals surface area (Å²) in [5, 5.41) is 0. The van der Waals surface area contributed by atoms with Crippen molar-refractivity contribution in [2.24, 2.45) is 5.73 Å². The Hall–Kier alpha value is -1.26. The minimum Gasteiger partial charge on any atom is -0.496 e. The maximum atomic E-state index is 11.5. The van der Waals surface area contributed by atoms with E-state index in [4.69, 9.17) is 10.5 Å². The minimum atomic E-state index is -0.811. The molecule has 1 atom stereocenters. The van der Waals surface area contributed by atoms with Crippen molar-refractivity contribution < 1.29 is 14.3 Å². The van der Waals surface area contributed by atoms with Crippen LogP contribution < -0.4 is 10.5 Å². The summed E-state index contributed by atoms with van der Waals surface area (Å²) in [7, 11) is 2.87. The van der Waals surface area contributed by atoms with Gasteiger partial charge in [-0.05, 0) is 23.6 Å². The molecule has 0 amide bonds. The van der Waals surface area contributed by atoms with Crippen LogP contribution in [-0.4, -0.2) is 20.2 Å². The molecular formula is C13H20ClNO3. The number of methoxy groups -OCH3 is 2. The fourth-order valence-electron chi connectivity index (χ4n) is 1.61. The van der Waals surface area contributed by atoms with E-state index in [0.29, 0.717) is 17.2 Å². The molecule has 0 bridgehead atoms. The van der Waals surface area contributed by atoms with Gasteiger partial charge in [-0.15, -0.1) is 12.4 Å². The van der Waals surface area contributed by atoms with Crippen LogP contribution in [0.25, 0.3) is 0 Å². The second-order valence-corrected chi connectivity index (χ2v) is 4.16. The summed E-state index contributed by atoms with van der Waals surface area (Å²) in [6, 6.07) is 4.88. The van der Waals surface area contributed by atoms with Gasteiger partial charge in [-0.1, -0.05) is 19.9 Å². The molecule has 4 nitrogen and oxygen atoms in total. The molecule has 0 unspecified atom stereocenters. The Morgan fingerprint density at radius 3 is 2.33 bits per heavy atom. The molecule has 0 spiro atoms. The summed E-state index contributed by atoms with van der Waals surface area (Å²) < 4.78 is 9.85. The summed E-state index contributed by atoms with van der Waals surface area (Å²) in [4.78, 5) is 11.5. The molecule has 0 aromatic heterocycles. The molecular weight excluding hydrogens is 254 g/mol. The highest BCUT2D eigenvalue weighted by Gasteiger charge is 2.21. The van der Waals surface area contributed by atoms with Crippen LogP contribution in [0.1, 0.15) is 36.9 Å². The van der Waals surface area contributed by atoms with Crippen molar-refractivity contribution >= 4 is 18.4 Å². The van der Waals surface area contributed by atoms with Crippen LogP contribution in [-0.2, 0) is 9.53 Å². The van der Waals surface area contributed by atoms with Crippen LogP contribution in [0.3, 0.4) is 0 Å². The van der Waals surface area contributed by atoms with Gasteiger partial charge in [0.15, 0.2) is 0 Å². The summed E-state index contributed by atoms with van der Waals surface area (Å²) in [5.74, 6) is 0.501. The van der Waals surface area contributed by atoms with Gasteiger partial charge >= 0.3 is 5.97 Å². The van der Waals surface area contributed by atoms with Gasteiger partial charge in [0.2, 0.25) is 0 Å². The lowest BCUT2D eigenvalue weighted by atomic mass is 9.97. The number of carbonyl (C=O) groups excluding carboxylic acids is 1. The van der Waals surface area contributed by atoms with E-state index in [-0.39, 0.29) is 12.4 Å². The van der Waals surface area contributed by atoms with Crippen LogP contribution in [0.15, 0.2) is 18.2 Å². The van der Waals surface area contributed by atoms with E-state index in [0.717, 1.165) is 5.56 Å². The van der Waals surface area contributed by atoms with Crippen molar-refractivity contribution in [1.29, 1.82) is 0 Å². The Morgan fingerprint density at radius 2 is 1.89 bits per heavy atom. The normalized spacial score (nSPS) is 11.7. The van der Waals surface area contributed by atoms with Gasteiger partial charge in [-0.3, -0.25) is 4.79 Å². The van der Waals surface area contributed by atoms with E-state index in [1.54, 1.807) is 7.11 Å². The maximum Gasteiger partial charge on any atom is 0.327 e. The van der Waals surface area contributed by atoms with E-state index in [1.165, 1.54) is 7.11 Å². The van der Waals surface area contributed by atoms with Crippen molar-refractivity contribution in [3.63, 3.8) is 0 Å². The zero-order valence-electron chi connectivity index (χ0n) is 11.1. The van der Waals surface area contributed by atoms with Crippen molar-refractivity contribution in [2.75, 3.05) is 14.2 Å². The predicted octanol–water partition coefficient (Wildman–Crippen LogP) is 2.41. The molecule has 1 rings (SSSR count). The third kappa shape index (κ3) is 3.62. The van der Waals surface area contributed by atoms with Crippen LogP contribution in [0.2, 0.25) is 0 Å². The molecule has 0 aliphatic heterocycles. The molecule has 0 radical (unpaired) electrons. The lowest BCUT2D eigenvalue weighted by Gasteiger charge is -2.16. The number of rotatable bonds is 4. The van der Waals surface area contributed by atoms with Crippen LogP contribution >= 0.6 is 12.4 Å². The number of nitrogens with two attached hydrogens (primary N) is 1. The fraction of sp³-hybridized carbons (Fsp3) is 0.462. The molecule has 18 heavy (non-hydrogen) atoms. The van der Waals surface area contributed by atoms with E-state index in [2.05, 4.69) is 18.6 Å². The van der Waals surface area contributed by atoms with Gasteiger partial charge in [0, 0.05) is 5.56 Å². The van der Waals surface area contributed by atoms with Crippen molar-refractivity contribution in [2.45, 2.75) is 25.8 Å². The topological polar surface area (TPSA) is 61.5 Å². The number of hydrogen-bond donors (Lipinski definition) is 1. The molecule has 0 saturated heterocycles. The average Bonchev–Trinajstić information content (AvgIpc) is 2.35. The Balaban J connectivity index is 0.00000289. The van der Waals surface area contributed by atoms with Crippen molar-refractivity contribution in [1.82, 2.24) is 0 Å². The maximum absolute atomic E-state index is 11.5. The molecule has 0 heterocycles. The summed E-state index contributed by atoms with van der Waals surface area (Å²) >= 11 is 0. The number of carbonyl (C=O) groups is 1. The zero-order valence-corrected chi connectivity index (χ0v) is 11.9. The van der Waals surface area contributed by atoms with Crippen molar-refractivity contribution in [3.8, 4) is 5.75 Å². The fourth-order valence-corrected chi connectivity index (χ4v) is 1.61. The monoisotopic (exact) mass is 273 g/mol. The molecule has 0 aliphatic rings. The number of hydrogen-bond acceptors (Lipinski definition) is 4. The second kappa shape index (κ2) is 7.24. The zero-order chi connectivity index (χ0) is 13.0. The summed E-state index contributed by atoms with van der Waals surface area (Å²) in [6.07, 6.45) is 0. The minimum absolute atomic E-state index is 0. The van der Waals surface area contributed by atoms with Crippen LogP contribution in [0.4, 0.5) is 0 Å². The van der Waals surface area contributed by atoms with Gasteiger partial charge < -0.3 is 15.2 Å². The highest BCUT2D eigenvalue weighted by molar-refractivity contribution is 5.85. The Bertz CT molecular complexity index is 407. The largest absolute Gasteiger partial charge is 0.496 e. The van der Waals surface area contributed by atoms with E-state index in [9.17, 15) is 4.79 Å². The van der Waals surface area contributed by atoms with Crippen LogP contribution in [0, 0.1) is 0 Å². The third-order valence-corrected chi connectivity index (χ3v) is 2.71. The molecule has 0 saturated carbocycles. The van der Waals surface area contributed by atoms with Gasteiger partial charge in [0.05, 0.1) is 14.2 Å². The number of halogens is 1. The first-order valence-electron chi connectivity index (χ1n) is 5.52. The first-order chi connectivity index (χ1) is 8.01. The van der Waals surface area contributed by atoms with Gasteiger partial charge in [-0.2, -0.15) is 0 Å². The van der Waals surface area contributed by atoms with Crippen LogP contribution in [0.5, 0.6) is 5.75 Å². The summed E-state index contributed by atoms with van der Waals surface area (Å²) in [5.41, 5.74) is 7.61. The van der Waals surface area contributed by atoms with Gasteiger partial charge in [-0.25, -0.2) is 0 Å². The number of esters is 1. The Kier molecular flexibility index (Phi) is 6.73. The van der Waals surface area contributed by atoms with Gasteiger partial charge in [0.25, 0.3) is 0 Å². The van der Waals surface area contributed by atoms with Crippen molar-refractivity contribution in [3.05, 3.63) is 29.3 Å². The SMILES string of the molecule is COC(=O)[C@@H](N)c1cc(C(C)C)ccc1OC.Cl. The molecule has 1 aromatic carbocycles. The molecule has 5 heteroatoms. The smallest absolute Gasteiger partial charge is 0.327 e. The van der Waals surface area contributed by atoms with E-state index >= 15 is 0 Å². The Labute approximate surface area is 114 Å². The lowest BCUT2D eigenvalue weighted by Crippen LogP contribution is -2.23. The molecule has 102 valence electrons. The average molecular weight is 274 g/mol.